The van der Waals surface area contributed by atoms with Crippen LogP contribution in [0.1, 0.15) is 70.3 Å². The molecule has 2 rings (SSSR count). The molecule has 5 nitrogen and oxygen atoms in total. The van der Waals surface area contributed by atoms with Crippen LogP contribution in [0.25, 0.3) is 0 Å². The van der Waals surface area contributed by atoms with Crippen LogP contribution in [0.3, 0.4) is 0 Å². The third-order valence-electron chi connectivity index (χ3n) is 4.75. The smallest absolute Gasteiger partial charge is 0.309 e. The fraction of sp³-hybridized carbons (Fsp3) is 0.682. The molecule has 0 amide bonds. The maximum Gasteiger partial charge on any atom is 0.309 e. The average Bonchev–Trinajstić information content (AvgIpc) is 2.70. The van der Waals surface area contributed by atoms with Crippen molar-refractivity contribution in [1.29, 1.82) is 0 Å². The fourth-order valence-electron chi connectivity index (χ4n) is 3.13. The van der Waals surface area contributed by atoms with Gasteiger partial charge in [-0.2, -0.15) is 0 Å². The molecule has 1 aromatic rings. The van der Waals surface area contributed by atoms with Gasteiger partial charge in [-0.05, 0) is 43.4 Å². The highest BCUT2D eigenvalue weighted by molar-refractivity contribution is 5.72. The monoisotopic (exact) mass is 378 g/mol. The largest absolute Gasteiger partial charge is 0.469 e. The zero-order chi connectivity index (χ0) is 19.3. The first-order valence-corrected chi connectivity index (χ1v) is 10.3. The summed E-state index contributed by atoms with van der Waals surface area (Å²) in [6.45, 7) is 2.98. The predicted octanol–water partition coefficient (Wildman–Crippen LogP) is 5.01. The lowest BCUT2D eigenvalue weighted by Crippen LogP contribution is -2.31. The number of carbonyl (C=O) groups excluding carboxylic acids is 1. The van der Waals surface area contributed by atoms with E-state index in [9.17, 15) is 4.79 Å². The first-order valence-electron chi connectivity index (χ1n) is 10.3. The van der Waals surface area contributed by atoms with Crippen molar-refractivity contribution in [1.82, 2.24) is 0 Å². The molecule has 1 aliphatic heterocycles. The lowest BCUT2D eigenvalue weighted by molar-refractivity contribution is -0.233. The molecule has 27 heavy (non-hydrogen) atoms. The van der Waals surface area contributed by atoms with E-state index in [1.807, 2.05) is 24.3 Å². The summed E-state index contributed by atoms with van der Waals surface area (Å²) >= 11 is 0. The second-order valence-electron chi connectivity index (χ2n) is 7.08. The lowest BCUT2D eigenvalue weighted by Gasteiger charge is -2.28. The molecule has 2 atom stereocenters. The van der Waals surface area contributed by atoms with Crippen LogP contribution in [0.2, 0.25) is 0 Å². The van der Waals surface area contributed by atoms with Gasteiger partial charge in [0.15, 0.2) is 6.29 Å². The Labute approximate surface area is 163 Å². The van der Waals surface area contributed by atoms with Gasteiger partial charge in [0.05, 0.1) is 13.5 Å². The van der Waals surface area contributed by atoms with Crippen molar-refractivity contribution in [3.63, 3.8) is 0 Å². The summed E-state index contributed by atoms with van der Waals surface area (Å²) in [4.78, 5) is 11.4. The van der Waals surface area contributed by atoms with E-state index in [2.05, 4.69) is 6.92 Å². The SMILES string of the molecule is CCCCCCCC(Oc1ccc(CC(=O)OC)cc1)OC1CCCCO1. The maximum absolute atomic E-state index is 11.4. The number of hydrogen-bond acceptors (Lipinski definition) is 5. The van der Waals surface area contributed by atoms with Gasteiger partial charge in [0.2, 0.25) is 6.29 Å². The third kappa shape index (κ3) is 8.76. The van der Waals surface area contributed by atoms with Crippen molar-refractivity contribution >= 4 is 5.97 Å². The van der Waals surface area contributed by atoms with E-state index in [-0.39, 0.29) is 25.0 Å². The van der Waals surface area contributed by atoms with Crippen LogP contribution in [0, 0.1) is 0 Å². The Bertz CT molecular complexity index is 522. The second-order valence-corrected chi connectivity index (χ2v) is 7.08. The molecule has 0 aliphatic carbocycles. The average molecular weight is 379 g/mol. The predicted molar refractivity (Wildman–Crippen MR) is 105 cm³/mol. The minimum Gasteiger partial charge on any atom is -0.469 e. The van der Waals surface area contributed by atoms with Gasteiger partial charge in [0, 0.05) is 13.0 Å². The highest BCUT2D eigenvalue weighted by atomic mass is 16.8. The van der Waals surface area contributed by atoms with Crippen molar-refractivity contribution in [2.75, 3.05) is 13.7 Å². The van der Waals surface area contributed by atoms with Crippen molar-refractivity contribution in [2.24, 2.45) is 0 Å². The van der Waals surface area contributed by atoms with E-state index in [1.54, 1.807) is 0 Å². The van der Waals surface area contributed by atoms with Crippen LogP contribution in [0.15, 0.2) is 24.3 Å². The second kappa shape index (κ2) is 12.7. The molecule has 0 N–H and O–H groups in total. The van der Waals surface area contributed by atoms with Gasteiger partial charge in [-0.15, -0.1) is 0 Å². The normalized spacial score (nSPS) is 18.1. The number of rotatable bonds is 12. The topological polar surface area (TPSA) is 54.0 Å². The van der Waals surface area contributed by atoms with E-state index in [4.69, 9.17) is 18.9 Å². The van der Waals surface area contributed by atoms with Gasteiger partial charge in [0.1, 0.15) is 5.75 Å². The van der Waals surface area contributed by atoms with Gasteiger partial charge < -0.3 is 18.9 Å². The Kier molecular flexibility index (Phi) is 10.2. The van der Waals surface area contributed by atoms with E-state index in [1.165, 1.54) is 32.8 Å². The van der Waals surface area contributed by atoms with Gasteiger partial charge in [0.25, 0.3) is 0 Å². The Hall–Kier alpha value is -1.59. The quantitative estimate of drug-likeness (QED) is 0.291. The molecular formula is C22H34O5. The Balaban J connectivity index is 1.87. The number of benzene rings is 1. The maximum atomic E-state index is 11.4. The van der Waals surface area contributed by atoms with Gasteiger partial charge in [-0.25, -0.2) is 0 Å². The van der Waals surface area contributed by atoms with E-state index < -0.39 is 0 Å². The van der Waals surface area contributed by atoms with Crippen LogP contribution in [0.4, 0.5) is 0 Å². The lowest BCUT2D eigenvalue weighted by atomic mass is 10.1. The Morgan fingerprint density at radius 2 is 1.93 bits per heavy atom. The van der Waals surface area contributed by atoms with Crippen molar-refractivity contribution in [3.8, 4) is 5.75 Å². The number of carbonyl (C=O) groups is 1. The highest BCUT2D eigenvalue weighted by Gasteiger charge is 2.21. The number of methoxy groups -OCH3 is 1. The first-order chi connectivity index (χ1) is 13.2. The number of hydrogen-bond donors (Lipinski definition) is 0. The van der Waals surface area contributed by atoms with Crippen molar-refractivity contribution in [2.45, 2.75) is 83.7 Å². The van der Waals surface area contributed by atoms with Gasteiger partial charge in [-0.3, -0.25) is 4.79 Å². The summed E-state index contributed by atoms with van der Waals surface area (Å²) in [5, 5.41) is 0. The van der Waals surface area contributed by atoms with Crippen LogP contribution in [-0.2, 0) is 25.4 Å². The van der Waals surface area contributed by atoms with Crippen LogP contribution in [0.5, 0.6) is 5.75 Å². The molecular weight excluding hydrogens is 344 g/mol. The zero-order valence-corrected chi connectivity index (χ0v) is 16.8. The molecule has 1 aromatic carbocycles. The summed E-state index contributed by atoms with van der Waals surface area (Å²) in [6.07, 6.45) is 9.86. The van der Waals surface area contributed by atoms with Crippen LogP contribution < -0.4 is 4.74 Å². The summed E-state index contributed by atoms with van der Waals surface area (Å²) in [5.41, 5.74) is 0.904. The minimum absolute atomic E-state index is 0.169. The zero-order valence-electron chi connectivity index (χ0n) is 16.8. The number of ether oxygens (including phenoxy) is 4. The molecule has 1 fully saturated rings. The third-order valence-corrected chi connectivity index (χ3v) is 4.75. The summed E-state index contributed by atoms with van der Waals surface area (Å²) < 4.78 is 22.6. The Morgan fingerprint density at radius 1 is 1.15 bits per heavy atom. The van der Waals surface area contributed by atoms with Crippen LogP contribution >= 0.6 is 0 Å². The molecule has 5 heteroatoms. The van der Waals surface area contributed by atoms with Crippen molar-refractivity contribution < 1.29 is 23.7 Å². The molecule has 152 valence electrons. The highest BCUT2D eigenvalue weighted by Crippen LogP contribution is 2.22. The first kappa shape index (κ1) is 21.7. The molecule has 1 heterocycles. The van der Waals surface area contributed by atoms with E-state index in [0.717, 1.165) is 50.0 Å². The molecule has 1 saturated heterocycles. The molecule has 1 aliphatic rings. The van der Waals surface area contributed by atoms with Crippen molar-refractivity contribution in [3.05, 3.63) is 29.8 Å². The van der Waals surface area contributed by atoms with Crippen LogP contribution in [-0.4, -0.2) is 32.3 Å². The van der Waals surface area contributed by atoms with Gasteiger partial charge >= 0.3 is 5.97 Å². The minimum atomic E-state index is -0.304. The van der Waals surface area contributed by atoms with E-state index in [0.29, 0.717) is 0 Å². The molecule has 0 bridgehead atoms. The fourth-order valence-corrected chi connectivity index (χ4v) is 3.13. The summed E-state index contributed by atoms with van der Waals surface area (Å²) in [7, 11) is 1.40. The molecule has 0 aromatic heterocycles. The molecule has 0 radical (unpaired) electrons. The standard InChI is InChI=1S/C22H34O5/c1-3-4-5-6-7-11-22(27-21-10-8-9-16-25-21)26-19-14-12-18(13-15-19)17-20(23)24-2/h12-15,21-22H,3-11,16-17H2,1-2H3. The Morgan fingerprint density at radius 3 is 2.59 bits per heavy atom. The summed E-state index contributed by atoms with van der Waals surface area (Å²) in [5.74, 6) is 0.504. The molecule has 0 saturated carbocycles. The van der Waals surface area contributed by atoms with E-state index >= 15 is 0 Å². The van der Waals surface area contributed by atoms with Gasteiger partial charge in [-0.1, -0.05) is 44.7 Å². The number of unbranched alkanes of at least 4 members (excludes halogenated alkanes) is 4. The molecule has 0 spiro atoms. The molecule has 2 unspecified atom stereocenters. The number of esters is 1. The summed E-state index contributed by atoms with van der Waals surface area (Å²) in [6, 6.07) is 7.55.